The molecule has 0 saturated carbocycles. The molecule has 4 nitrogen and oxygen atoms in total. The van der Waals surface area contributed by atoms with Crippen molar-refractivity contribution in [3.63, 3.8) is 0 Å². The summed E-state index contributed by atoms with van der Waals surface area (Å²) in [5.41, 5.74) is 5.17. The molecular formula is C13H26N2O2. The Morgan fingerprint density at radius 3 is 2.71 bits per heavy atom. The van der Waals surface area contributed by atoms with Gasteiger partial charge in [-0.25, -0.2) is 0 Å². The first kappa shape index (κ1) is 14.5. The summed E-state index contributed by atoms with van der Waals surface area (Å²) in [5.74, 6) is 0.384. The van der Waals surface area contributed by atoms with Crippen LogP contribution in [0.1, 0.15) is 40.5 Å². The van der Waals surface area contributed by atoms with Gasteiger partial charge in [-0.1, -0.05) is 6.92 Å². The van der Waals surface area contributed by atoms with E-state index in [2.05, 4.69) is 18.7 Å². The normalized spacial score (nSPS) is 29.7. The molecule has 2 N–H and O–H groups in total. The van der Waals surface area contributed by atoms with Crippen molar-refractivity contribution in [2.24, 2.45) is 11.7 Å². The molecule has 1 saturated heterocycles. The minimum Gasteiger partial charge on any atom is -0.465 e. The highest BCUT2D eigenvalue weighted by Gasteiger charge is 2.35. The van der Waals surface area contributed by atoms with Gasteiger partial charge in [0.15, 0.2) is 0 Å². The first-order valence-electron chi connectivity index (χ1n) is 6.57. The van der Waals surface area contributed by atoms with Crippen molar-refractivity contribution in [1.29, 1.82) is 0 Å². The molecule has 0 bridgehead atoms. The molecule has 3 unspecified atom stereocenters. The Bertz CT molecular complexity index is 266. The summed E-state index contributed by atoms with van der Waals surface area (Å²) in [6, 6.07) is 0.503. The Labute approximate surface area is 104 Å². The van der Waals surface area contributed by atoms with E-state index in [9.17, 15) is 4.79 Å². The van der Waals surface area contributed by atoms with E-state index >= 15 is 0 Å². The van der Waals surface area contributed by atoms with Gasteiger partial charge in [0, 0.05) is 19.1 Å². The molecule has 0 amide bonds. The predicted molar refractivity (Wildman–Crippen MR) is 68.7 cm³/mol. The predicted octanol–water partition coefficient (Wildman–Crippen LogP) is 1.39. The molecule has 3 atom stereocenters. The molecule has 17 heavy (non-hydrogen) atoms. The number of piperidine rings is 1. The standard InChI is InChI=1S/C13H26N2O2/c1-5-17-12(16)13(4,14)9-15-8-10(2)6-7-11(15)3/h10-11H,5-9,14H2,1-4H3. The molecule has 0 aromatic rings. The topological polar surface area (TPSA) is 55.6 Å². The number of rotatable bonds is 4. The molecule has 0 aliphatic carbocycles. The molecule has 100 valence electrons. The van der Waals surface area contributed by atoms with Crippen LogP contribution in [0.25, 0.3) is 0 Å². The van der Waals surface area contributed by atoms with Crippen LogP contribution in [0, 0.1) is 5.92 Å². The number of ether oxygens (including phenoxy) is 1. The van der Waals surface area contributed by atoms with E-state index in [-0.39, 0.29) is 5.97 Å². The fourth-order valence-electron chi connectivity index (χ4n) is 2.38. The average Bonchev–Trinajstić information content (AvgIpc) is 2.23. The third-order valence-electron chi connectivity index (χ3n) is 3.52. The summed E-state index contributed by atoms with van der Waals surface area (Å²) >= 11 is 0. The van der Waals surface area contributed by atoms with Crippen LogP contribution in [-0.2, 0) is 9.53 Å². The lowest BCUT2D eigenvalue weighted by atomic mass is 9.92. The first-order valence-corrected chi connectivity index (χ1v) is 6.57. The quantitative estimate of drug-likeness (QED) is 0.757. The Morgan fingerprint density at radius 2 is 2.12 bits per heavy atom. The minimum absolute atomic E-state index is 0.301. The summed E-state index contributed by atoms with van der Waals surface area (Å²) in [6.07, 6.45) is 2.44. The van der Waals surface area contributed by atoms with Gasteiger partial charge >= 0.3 is 5.97 Å². The summed E-state index contributed by atoms with van der Waals surface area (Å²) in [6.45, 7) is 10.0. The van der Waals surface area contributed by atoms with Gasteiger partial charge in [0.05, 0.1) is 6.61 Å². The molecule has 0 radical (unpaired) electrons. The minimum atomic E-state index is -0.901. The third kappa shape index (κ3) is 3.96. The molecule has 4 heteroatoms. The number of hydrogen-bond donors (Lipinski definition) is 1. The molecule has 0 spiro atoms. The maximum absolute atomic E-state index is 11.8. The molecule has 1 fully saturated rings. The van der Waals surface area contributed by atoms with E-state index in [4.69, 9.17) is 10.5 Å². The number of hydrogen-bond acceptors (Lipinski definition) is 4. The highest BCUT2D eigenvalue weighted by molar-refractivity contribution is 5.80. The van der Waals surface area contributed by atoms with Crippen LogP contribution in [0.15, 0.2) is 0 Å². The van der Waals surface area contributed by atoms with Gasteiger partial charge in [-0.3, -0.25) is 9.69 Å². The molecule has 1 heterocycles. The van der Waals surface area contributed by atoms with Crippen molar-refractivity contribution < 1.29 is 9.53 Å². The Hall–Kier alpha value is -0.610. The van der Waals surface area contributed by atoms with E-state index in [0.29, 0.717) is 25.1 Å². The van der Waals surface area contributed by atoms with Gasteiger partial charge in [0.25, 0.3) is 0 Å². The van der Waals surface area contributed by atoms with Gasteiger partial charge in [0.1, 0.15) is 5.54 Å². The van der Waals surface area contributed by atoms with E-state index in [1.165, 1.54) is 12.8 Å². The number of nitrogens with zero attached hydrogens (tertiary/aromatic N) is 1. The fraction of sp³-hybridized carbons (Fsp3) is 0.923. The molecule has 1 aliphatic rings. The van der Waals surface area contributed by atoms with Crippen molar-refractivity contribution in [3.05, 3.63) is 0 Å². The first-order chi connectivity index (χ1) is 7.86. The highest BCUT2D eigenvalue weighted by Crippen LogP contribution is 2.22. The summed E-state index contributed by atoms with van der Waals surface area (Å²) in [4.78, 5) is 14.1. The number of carbonyl (C=O) groups is 1. The molecule has 1 aliphatic heterocycles. The van der Waals surface area contributed by atoms with Gasteiger partial charge in [-0.15, -0.1) is 0 Å². The van der Waals surface area contributed by atoms with Crippen molar-refractivity contribution >= 4 is 5.97 Å². The Balaban J connectivity index is 2.58. The van der Waals surface area contributed by atoms with E-state index in [1.807, 2.05) is 0 Å². The van der Waals surface area contributed by atoms with Crippen LogP contribution in [0.2, 0.25) is 0 Å². The van der Waals surface area contributed by atoms with Crippen LogP contribution in [0.5, 0.6) is 0 Å². The van der Waals surface area contributed by atoms with Crippen molar-refractivity contribution in [2.75, 3.05) is 19.7 Å². The average molecular weight is 242 g/mol. The molecule has 1 rings (SSSR count). The zero-order valence-corrected chi connectivity index (χ0v) is 11.5. The SMILES string of the molecule is CCOC(=O)C(C)(N)CN1CC(C)CCC1C. The number of esters is 1. The zero-order valence-electron chi connectivity index (χ0n) is 11.5. The van der Waals surface area contributed by atoms with E-state index < -0.39 is 5.54 Å². The van der Waals surface area contributed by atoms with Crippen LogP contribution < -0.4 is 5.73 Å². The van der Waals surface area contributed by atoms with Gasteiger partial charge in [-0.05, 0) is 39.5 Å². The van der Waals surface area contributed by atoms with Crippen LogP contribution in [0.3, 0.4) is 0 Å². The fourth-order valence-corrected chi connectivity index (χ4v) is 2.38. The maximum Gasteiger partial charge on any atom is 0.327 e. The van der Waals surface area contributed by atoms with Crippen LogP contribution >= 0.6 is 0 Å². The van der Waals surface area contributed by atoms with Crippen LogP contribution in [0.4, 0.5) is 0 Å². The lowest BCUT2D eigenvalue weighted by Crippen LogP contribution is -2.57. The Kier molecular flexibility index (Phi) is 4.95. The monoisotopic (exact) mass is 242 g/mol. The van der Waals surface area contributed by atoms with Gasteiger partial charge in [-0.2, -0.15) is 0 Å². The molecule has 0 aromatic heterocycles. The van der Waals surface area contributed by atoms with Gasteiger partial charge < -0.3 is 10.5 Å². The van der Waals surface area contributed by atoms with Crippen molar-refractivity contribution in [1.82, 2.24) is 4.90 Å². The second kappa shape index (κ2) is 5.83. The van der Waals surface area contributed by atoms with Gasteiger partial charge in [0.2, 0.25) is 0 Å². The van der Waals surface area contributed by atoms with Crippen LogP contribution in [-0.4, -0.2) is 42.1 Å². The third-order valence-corrected chi connectivity index (χ3v) is 3.52. The van der Waals surface area contributed by atoms with Crippen molar-refractivity contribution in [2.45, 2.75) is 52.1 Å². The zero-order chi connectivity index (χ0) is 13.1. The smallest absolute Gasteiger partial charge is 0.327 e. The van der Waals surface area contributed by atoms with E-state index in [1.54, 1.807) is 13.8 Å². The number of nitrogens with two attached hydrogens (primary N) is 1. The van der Waals surface area contributed by atoms with E-state index in [0.717, 1.165) is 6.54 Å². The molecule has 0 aromatic carbocycles. The summed E-state index contributed by atoms with van der Waals surface area (Å²) in [7, 11) is 0. The van der Waals surface area contributed by atoms with Crippen molar-refractivity contribution in [3.8, 4) is 0 Å². The second-order valence-corrected chi connectivity index (χ2v) is 5.60. The maximum atomic E-state index is 11.8. The number of carbonyl (C=O) groups excluding carboxylic acids is 1. The lowest BCUT2D eigenvalue weighted by Gasteiger charge is -2.40. The Morgan fingerprint density at radius 1 is 1.47 bits per heavy atom. The summed E-state index contributed by atoms with van der Waals surface area (Å²) in [5, 5.41) is 0. The summed E-state index contributed by atoms with van der Waals surface area (Å²) < 4.78 is 5.02. The lowest BCUT2D eigenvalue weighted by molar-refractivity contribution is -0.150. The highest BCUT2D eigenvalue weighted by atomic mass is 16.5. The largest absolute Gasteiger partial charge is 0.465 e. The second-order valence-electron chi connectivity index (χ2n) is 5.60. The molecular weight excluding hydrogens is 216 g/mol. The number of likely N-dealkylation sites (tertiary alicyclic amines) is 1.